The summed E-state index contributed by atoms with van der Waals surface area (Å²) in [5, 5.41) is 12.2. The maximum atomic E-state index is 13.1. The largest absolute Gasteiger partial charge is 0.481 e. The Kier molecular flexibility index (Phi) is 10.4. The van der Waals surface area contributed by atoms with Gasteiger partial charge in [-0.05, 0) is 32.3 Å². The van der Waals surface area contributed by atoms with E-state index >= 15 is 0 Å². The molecule has 28 heavy (non-hydrogen) atoms. The summed E-state index contributed by atoms with van der Waals surface area (Å²) in [6.07, 6.45) is 6.84. The Balaban J connectivity index is 2.73. The number of nitrogens with zero attached hydrogens (tertiary/aromatic N) is 1. The highest BCUT2D eigenvalue weighted by Gasteiger charge is 2.46. The maximum Gasteiger partial charge on any atom is 0.310 e. The number of nitrogens with one attached hydrogen (secondary N) is 1. The average molecular weight is 416 g/mol. The van der Waals surface area contributed by atoms with Crippen molar-refractivity contribution in [2.24, 2.45) is 11.7 Å². The first-order valence-electron chi connectivity index (χ1n) is 9.68. The second kappa shape index (κ2) is 12.0. The van der Waals surface area contributed by atoms with Gasteiger partial charge >= 0.3 is 5.97 Å². The number of ether oxygens (including phenoxy) is 1. The molecule has 0 aromatic carbocycles. The van der Waals surface area contributed by atoms with Gasteiger partial charge < -0.3 is 20.9 Å². The van der Waals surface area contributed by atoms with Crippen molar-refractivity contribution in [1.82, 2.24) is 9.62 Å². The second-order valence-electron chi connectivity index (χ2n) is 6.72. The van der Waals surface area contributed by atoms with Crippen LogP contribution in [0.2, 0.25) is 0 Å². The highest BCUT2D eigenvalue weighted by molar-refractivity contribution is 7.85. The first kappa shape index (κ1) is 24.3. The first-order valence-corrected chi connectivity index (χ1v) is 10.8. The number of carbonyl (C=O) groups is 2. The van der Waals surface area contributed by atoms with E-state index < -0.39 is 33.5 Å². The van der Waals surface area contributed by atoms with Gasteiger partial charge in [-0.25, -0.2) is 8.51 Å². The van der Waals surface area contributed by atoms with Gasteiger partial charge in [0, 0.05) is 38.5 Å². The van der Waals surface area contributed by atoms with E-state index in [1.54, 1.807) is 23.4 Å². The minimum atomic E-state index is -1.55. The van der Waals surface area contributed by atoms with Crippen molar-refractivity contribution in [3.8, 4) is 0 Å². The minimum Gasteiger partial charge on any atom is -0.481 e. The number of carboxylic acids is 1. The smallest absolute Gasteiger partial charge is 0.310 e. The summed E-state index contributed by atoms with van der Waals surface area (Å²) in [6, 6.07) is 0. The molecule has 9 heteroatoms. The Morgan fingerprint density at radius 2 is 2.00 bits per heavy atom. The molecule has 4 N–H and O–H groups in total. The number of carbonyl (C=O) groups excluding carboxylic acids is 1. The lowest BCUT2D eigenvalue weighted by Crippen LogP contribution is -2.56. The molecule has 8 nitrogen and oxygen atoms in total. The average Bonchev–Trinajstić information content (AvgIpc) is 2.68. The molecular weight excluding hydrogens is 382 g/mol. The topological polar surface area (TPSA) is 122 Å². The van der Waals surface area contributed by atoms with Crippen molar-refractivity contribution in [2.75, 3.05) is 32.8 Å². The zero-order valence-electron chi connectivity index (χ0n) is 17.0. The standard InChI is InChI=1S/C19H33N3O5S/c1-4-6-16(8-7-15(3)17(23)24)21-11-12-22(5-2)28(26)19(18(20)25)9-13-27-14-10-19/h6-8,15,21H,4-5,9-14H2,1-3H3,(H2,20,25)(H,23,24)/b8-7-,16-6+. The number of aliphatic carboxylic acids is 1. The van der Waals surface area contributed by atoms with Gasteiger partial charge in [-0.2, -0.15) is 0 Å². The summed E-state index contributed by atoms with van der Waals surface area (Å²) in [5.41, 5.74) is 6.42. The number of hydrogen-bond acceptors (Lipinski definition) is 5. The number of likely N-dealkylation sites (N-methyl/N-ethyl adjacent to an activating group) is 1. The summed E-state index contributed by atoms with van der Waals surface area (Å²) >= 11 is 0. The molecule has 0 aromatic heterocycles. The molecule has 1 amide bonds. The number of nitrogens with two attached hydrogens (primary N) is 1. The van der Waals surface area contributed by atoms with E-state index in [1.165, 1.54) is 0 Å². The van der Waals surface area contributed by atoms with E-state index in [1.807, 2.05) is 19.9 Å². The van der Waals surface area contributed by atoms with Crippen LogP contribution >= 0.6 is 0 Å². The molecule has 2 unspecified atom stereocenters. The number of rotatable bonds is 12. The SMILES string of the molecule is CC/C=C(\C=C/C(C)C(=O)O)NCCN(CC)S(=O)C1(C(N)=O)CCOCC1. The third-order valence-electron chi connectivity index (χ3n) is 4.74. The van der Waals surface area contributed by atoms with Gasteiger partial charge in [-0.1, -0.05) is 26.0 Å². The van der Waals surface area contributed by atoms with Crippen LogP contribution in [0.5, 0.6) is 0 Å². The Labute approximate surface area is 169 Å². The summed E-state index contributed by atoms with van der Waals surface area (Å²) < 4.78 is 19.1. The Hall–Kier alpha value is -1.71. The molecule has 0 spiro atoms. The van der Waals surface area contributed by atoms with E-state index in [4.69, 9.17) is 15.6 Å². The predicted molar refractivity (Wildman–Crippen MR) is 110 cm³/mol. The van der Waals surface area contributed by atoms with Crippen molar-refractivity contribution in [2.45, 2.75) is 44.8 Å². The van der Waals surface area contributed by atoms with Crippen molar-refractivity contribution in [3.05, 3.63) is 23.9 Å². The van der Waals surface area contributed by atoms with Crippen LogP contribution in [0.1, 0.15) is 40.0 Å². The van der Waals surface area contributed by atoms with Gasteiger partial charge in [-0.15, -0.1) is 0 Å². The van der Waals surface area contributed by atoms with Crippen molar-refractivity contribution >= 4 is 22.9 Å². The molecule has 1 saturated heterocycles. The van der Waals surface area contributed by atoms with Gasteiger partial charge in [0.15, 0.2) is 0 Å². The molecule has 160 valence electrons. The van der Waals surface area contributed by atoms with E-state index in [2.05, 4.69) is 5.32 Å². The normalized spacial score (nSPS) is 19.5. The third-order valence-corrected chi connectivity index (χ3v) is 6.93. The molecule has 1 fully saturated rings. The zero-order valence-corrected chi connectivity index (χ0v) is 17.8. The summed E-state index contributed by atoms with van der Waals surface area (Å²) in [4.78, 5) is 23.0. The molecule has 1 heterocycles. The highest BCUT2D eigenvalue weighted by atomic mass is 32.2. The molecule has 0 aliphatic carbocycles. The highest BCUT2D eigenvalue weighted by Crippen LogP contribution is 2.29. The van der Waals surface area contributed by atoms with Gasteiger partial charge in [0.1, 0.15) is 15.7 Å². The fourth-order valence-corrected chi connectivity index (χ4v) is 4.56. The number of primary amides is 1. The van der Waals surface area contributed by atoms with E-state index in [9.17, 15) is 13.8 Å². The molecule has 0 radical (unpaired) electrons. The number of hydrogen-bond donors (Lipinski definition) is 3. The van der Waals surface area contributed by atoms with Crippen molar-refractivity contribution < 1.29 is 23.6 Å². The van der Waals surface area contributed by atoms with Crippen molar-refractivity contribution in [1.29, 1.82) is 0 Å². The summed E-state index contributed by atoms with van der Waals surface area (Å²) in [5.74, 6) is -2.00. The Bertz CT molecular complexity index is 615. The lowest BCUT2D eigenvalue weighted by Gasteiger charge is -2.37. The van der Waals surface area contributed by atoms with Crippen molar-refractivity contribution in [3.63, 3.8) is 0 Å². The Morgan fingerprint density at radius 1 is 1.36 bits per heavy atom. The number of amides is 1. The second-order valence-corrected chi connectivity index (χ2v) is 8.52. The fourth-order valence-electron chi connectivity index (χ4n) is 2.89. The van der Waals surface area contributed by atoms with E-state index in [-0.39, 0.29) is 0 Å². The molecule has 0 saturated carbocycles. The summed E-state index contributed by atoms with van der Waals surface area (Å²) in [7, 11) is -1.55. The van der Waals surface area contributed by atoms with E-state index in [0.717, 1.165) is 12.1 Å². The molecule has 0 bridgehead atoms. The maximum absolute atomic E-state index is 13.1. The van der Waals surface area contributed by atoms with Crippen LogP contribution in [0, 0.1) is 5.92 Å². The molecule has 2 atom stereocenters. The minimum absolute atomic E-state index is 0.357. The first-order chi connectivity index (χ1) is 13.3. The lowest BCUT2D eigenvalue weighted by atomic mass is 9.98. The molecule has 0 aromatic rings. The van der Waals surface area contributed by atoms with Gasteiger partial charge in [0.2, 0.25) is 5.91 Å². The van der Waals surface area contributed by atoms with E-state index in [0.29, 0.717) is 45.7 Å². The quantitative estimate of drug-likeness (QED) is 0.411. The molecular formula is C19H33N3O5S. The third kappa shape index (κ3) is 6.72. The van der Waals surface area contributed by atoms with Crippen LogP contribution in [0.3, 0.4) is 0 Å². The summed E-state index contributed by atoms with van der Waals surface area (Å²) in [6.45, 7) is 7.73. The molecule has 1 aliphatic rings. The van der Waals surface area contributed by atoms with Crippen LogP contribution in [0.4, 0.5) is 0 Å². The Morgan fingerprint density at radius 3 is 2.50 bits per heavy atom. The van der Waals surface area contributed by atoms with Gasteiger partial charge in [0.05, 0.1) is 5.92 Å². The molecule has 1 aliphatic heterocycles. The molecule has 1 rings (SSSR count). The van der Waals surface area contributed by atoms with Crippen LogP contribution in [-0.2, 0) is 25.3 Å². The van der Waals surface area contributed by atoms with Crippen LogP contribution < -0.4 is 11.1 Å². The number of carboxylic acid groups (broad SMARTS) is 1. The number of allylic oxidation sites excluding steroid dienone is 2. The van der Waals surface area contributed by atoms with Crippen LogP contribution in [0.25, 0.3) is 0 Å². The van der Waals surface area contributed by atoms with Crippen LogP contribution in [-0.4, -0.2) is 63.1 Å². The monoisotopic (exact) mass is 415 g/mol. The van der Waals surface area contributed by atoms with Gasteiger partial charge in [0.25, 0.3) is 0 Å². The van der Waals surface area contributed by atoms with Crippen LogP contribution in [0.15, 0.2) is 23.9 Å². The van der Waals surface area contributed by atoms with Gasteiger partial charge in [-0.3, -0.25) is 9.59 Å². The predicted octanol–water partition coefficient (Wildman–Crippen LogP) is 1.17. The lowest BCUT2D eigenvalue weighted by molar-refractivity contribution is -0.139. The zero-order chi connectivity index (χ0) is 21.2. The fraction of sp³-hybridized carbons (Fsp3) is 0.684.